The Morgan fingerprint density at radius 1 is 1.35 bits per heavy atom. The zero-order valence-corrected chi connectivity index (χ0v) is 11.6. The standard InChI is InChI=1S/C8H7O7S.Na/c9-6(10)5-2-1-3-8(4-5,7(11)12)16(13,14)15;/h2-3H,4H2,(H,9,10)(H,11,12)(H,13,14,15);. The fourth-order valence-electron chi connectivity index (χ4n) is 1.62. The summed E-state index contributed by atoms with van der Waals surface area (Å²) in [6.45, 7) is 0. The Morgan fingerprint density at radius 3 is 2.24 bits per heavy atom. The Hall–Kier alpha value is -0.670. The monoisotopic (exact) mass is 270 g/mol. The van der Waals surface area contributed by atoms with Crippen molar-refractivity contribution in [3.8, 4) is 0 Å². The number of carbonyl (C=O) groups is 2. The number of carboxylic acid groups (broad SMARTS) is 2. The minimum atomic E-state index is -4.94. The van der Waals surface area contributed by atoms with Crippen LogP contribution in [0.1, 0.15) is 6.42 Å². The summed E-state index contributed by atoms with van der Waals surface area (Å²) in [4.78, 5) is 21.8. The van der Waals surface area contributed by atoms with Crippen molar-refractivity contribution >= 4 is 50.0 Å². The summed E-state index contributed by atoms with van der Waals surface area (Å²) >= 11 is 0.268. The van der Waals surface area contributed by atoms with Gasteiger partial charge in [0.2, 0.25) is 0 Å². The van der Waals surface area contributed by atoms with E-state index in [1.165, 1.54) is 6.08 Å². The maximum atomic E-state index is 11.2. The van der Waals surface area contributed by atoms with E-state index in [1.54, 1.807) is 0 Å². The quantitative estimate of drug-likeness (QED) is 0.450. The van der Waals surface area contributed by atoms with Gasteiger partial charge in [-0.15, -0.1) is 0 Å². The van der Waals surface area contributed by atoms with Crippen LogP contribution in [0, 0.1) is 0 Å². The van der Waals surface area contributed by atoms with E-state index in [9.17, 15) is 18.0 Å². The second kappa shape index (κ2) is 4.54. The molecule has 1 rings (SSSR count). The first-order chi connectivity index (χ1) is 7.60. The van der Waals surface area contributed by atoms with Crippen LogP contribution < -0.4 is 0 Å². The van der Waals surface area contributed by atoms with Crippen LogP contribution in [0.4, 0.5) is 0 Å². The molecule has 0 aliphatic heterocycles. The van der Waals surface area contributed by atoms with E-state index < -0.39 is 33.2 Å². The molecule has 0 saturated carbocycles. The molecule has 0 amide bonds. The minimum absolute atomic E-state index is 0.268. The van der Waals surface area contributed by atoms with Crippen molar-refractivity contribution in [3.05, 3.63) is 20.5 Å². The van der Waals surface area contributed by atoms with Crippen molar-refractivity contribution in [2.75, 3.05) is 0 Å². The van der Waals surface area contributed by atoms with Gasteiger partial charge in [-0.2, -0.15) is 0 Å². The first-order valence-electron chi connectivity index (χ1n) is 4.44. The number of aliphatic carboxylic acids is 2. The predicted molar refractivity (Wildman–Crippen MR) is 56.1 cm³/mol. The number of carboxylic acids is 2. The van der Waals surface area contributed by atoms with Gasteiger partial charge in [0.15, 0.2) is 0 Å². The molecular formula is C8H7NaO7S. The van der Waals surface area contributed by atoms with Crippen LogP contribution in [0.5, 0.6) is 0 Å². The molecule has 0 fully saturated rings. The van der Waals surface area contributed by atoms with Gasteiger partial charge in [-0.05, 0) is 0 Å². The molecule has 7 nitrogen and oxygen atoms in total. The fourth-order valence-corrected chi connectivity index (χ4v) is 3.56. The fraction of sp³-hybridized carbons (Fsp3) is 0.250. The van der Waals surface area contributed by atoms with Crippen LogP contribution in [0.2, 0.25) is 0 Å². The third-order valence-corrected chi connectivity index (χ3v) is 4.35. The Balaban J connectivity index is 3.46. The summed E-state index contributed by atoms with van der Waals surface area (Å²) < 4.78 is 29.1. The molecule has 0 aromatic rings. The summed E-state index contributed by atoms with van der Waals surface area (Å²) in [5, 5.41) is 17.7. The average molecular weight is 270 g/mol. The molecule has 9 heteroatoms. The van der Waals surface area contributed by atoms with E-state index in [-0.39, 0.29) is 36.3 Å². The van der Waals surface area contributed by atoms with Crippen molar-refractivity contribution in [1.29, 1.82) is 0 Å². The molecule has 88 valence electrons. The molecule has 3 N–H and O–H groups in total. The van der Waals surface area contributed by atoms with Crippen molar-refractivity contribution in [3.63, 3.8) is 0 Å². The topological polar surface area (TPSA) is 129 Å². The molecule has 1 unspecified atom stereocenters. The van der Waals surface area contributed by atoms with Crippen LogP contribution in [-0.2, 0) is 19.7 Å². The van der Waals surface area contributed by atoms with E-state index >= 15 is 0 Å². The van der Waals surface area contributed by atoms with Gasteiger partial charge in [0.25, 0.3) is 0 Å². The van der Waals surface area contributed by atoms with Gasteiger partial charge in [0.1, 0.15) is 0 Å². The van der Waals surface area contributed by atoms with E-state index in [1.807, 2.05) is 0 Å². The third kappa shape index (κ3) is 2.61. The van der Waals surface area contributed by atoms with Crippen LogP contribution in [0.3, 0.4) is 0 Å². The zero-order valence-electron chi connectivity index (χ0n) is 8.74. The van der Waals surface area contributed by atoms with Gasteiger partial charge in [-0.3, -0.25) is 0 Å². The van der Waals surface area contributed by atoms with E-state index in [0.29, 0.717) is 0 Å². The molecule has 1 aliphatic rings. The molecule has 1 aliphatic carbocycles. The summed E-state index contributed by atoms with van der Waals surface area (Å²) in [7, 11) is -4.94. The molecule has 0 aromatic carbocycles. The summed E-state index contributed by atoms with van der Waals surface area (Å²) in [6, 6.07) is 0. The molecular weight excluding hydrogens is 263 g/mol. The zero-order chi connectivity index (χ0) is 13.4. The number of allylic oxidation sites excluding steroid dienone is 2. The Bertz CT molecular complexity index is 544. The Kier molecular flexibility index (Phi) is 3.84. The number of rotatable bonds is 3. The molecule has 0 saturated heterocycles. The second-order valence-electron chi connectivity index (χ2n) is 3.71. The van der Waals surface area contributed by atoms with Crippen molar-refractivity contribution in [1.82, 2.24) is 0 Å². The van der Waals surface area contributed by atoms with Crippen LogP contribution >= 0.6 is 0 Å². The van der Waals surface area contributed by atoms with E-state index in [4.69, 9.17) is 14.8 Å². The molecule has 0 aromatic heterocycles. The van der Waals surface area contributed by atoms with Gasteiger partial charge in [-0.25, -0.2) is 0 Å². The molecule has 0 spiro atoms. The van der Waals surface area contributed by atoms with Crippen LogP contribution in [0.25, 0.3) is 0 Å². The average Bonchev–Trinajstić information content (AvgIpc) is 2.14. The second-order valence-corrected chi connectivity index (χ2v) is 6.54. The van der Waals surface area contributed by atoms with Crippen LogP contribution in [-0.4, -0.2) is 67.8 Å². The predicted octanol–water partition coefficient (Wildman–Crippen LogP) is -0.835. The summed E-state index contributed by atoms with van der Waals surface area (Å²) in [6.07, 6.45) is 1.33. The SMILES string of the molecule is O=C(O)C1=C[C]([Na])=CC(C(=O)O)(S(=O)(=O)O)C1. The maximum absolute atomic E-state index is 11.2. The van der Waals surface area contributed by atoms with Crippen molar-refractivity contribution in [2.24, 2.45) is 0 Å². The van der Waals surface area contributed by atoms with E-state index in [2.05, 4.69) is 0 Å². The normalized spacial score (nSPS) is 24.9. The first-order valence-corrected chi connectivity index (χ1v) is 6.88. The van der Waals surface area contributed by atoms with Gasteiger partial charge in [0, 0.05) is 0 Å². The molecule has 0 bridgehead atoms. The summed E-state index contributed by atoms with van der Waals surface area (Å²) in [5.74, 6) is -3.19. The first kappa shape index (κ1) is 14.4. The van der Waals surface area contributed by atoms with Crippen molar-refractivity contribution in [2.45, 2.75) is 11.2 Å². The van der Waals surface area contributed by atoms with E-state index in [0.717, 1.165) is 6.08 Å². The van der Waals surface area contributed by atoms with Gasteiger partial charge in [-0.1, -0.05) is 0 Å². The summed E-state index contributed by atoms with van der Waals surface area (Å²) in [5.41, 5.74) is -0.350. The Labute approximate surface area is 114 Å². The van der Waals surface area contributed by atoms with Gasteiger partial charge < -0.3 is 0 Å². The number of hydrogen-bond acceptors (Lipinski definition) is 4. The third-order valence-electron chi connectivity index (χ3n) is 2.41. The van der Waals surface area contributed by atoms with Gasteiger partial charge >= 0.3 is 114 Å². The molecule has 1 atom stereocenters. The Morgan fingerprint density at radius 2 is 1.88 bits per heavy atom. The molecule has 0 heterocycles. The molecule has 17 heavy (non-hydrogen) atoms. The van der Waals surface area contributed by atoms with Crippen LogP contribution in [0.15, 0.2) is 20.5 Å². The molecule has 0 radical (unpaired) electrons. The number of hydrogen-bond donors (Lipinski definition) is 3. The van der Waals surface area contributed by atoms with Gasteiger partial charge in [0.05, 0.1) is 0 Å². The van der Waals surface area contributed by atoms with Crippen molar-refractivity contribution < 1.29 is 32.8 Å².